The minimum atomic E-state index is 0.234. The quantitative estimate of drug-likeness (QED) is 0.794. The second-order valence-electron chi connectivity index (χ2n) is 5.04. The maximum absolute atomic E-state index is 6.07. The van der Waals surface area contributed by atoms with E-state index in [2.05, 4.69) is 56.1 Å². The predicted octanol–water partition coefficient (Wildman–Crippen LogP) is 3.25. The number of morpholine rings is 1. The van der Waals surface area contributed by atoms with Crippen molar-refractivity contribution in [3.05, 3.63) is 35.9 Å². The minimum absolute atomic E-state index is 0.234. The SMILES string of the molecule is CCC[C@H]1[C@H](c2ccccc2)OC[C@@H](C)N1C. The number of hydrogen-bond donors (Lipinski definition) is 0. The first kappa shape index (κ1) is 12.6. The molecule has 3 atom stereocenters. The van der Waals surface area contributed by atoms with Gasteiger partial charge in [-0.25, -0.2) is 0 Å². The van der Waals surface area contributed by atoms with E-state index in [-0.39, 0.29) is 6.10 Å². The molecular formula is C15H23NO. The van der Waals surface area contributed by atoms with Crippen LogP contribution >= 0.6 is 0 Å². The summed E-state index contributed by atoms with van der Waals surface area (Å²) in [6.07, 6.45) is 2.63. The van der Waals surface area contributed by atoms with E-state index in [1.54, 1.807) is 0 Å². The van der Waals surface area contributed by atoms with E-state index in [0.717, 1.165) is 6.61 Å². The molecule has 0 amide bonds. The van der Waals surface area contributed by atoms with Crippen LogP contribution in [0.1, 0.15) is 38.4 Å². The summed E-state index contributed by atoms with van der Waals surface area (Å²) in [5.74, 6) is 0. The molecule has 0 unspecified atom stereocenters. The van der Waals surface area contributed by atoms with Crippen molar-refractivity contribution in [3.63, 3.8) is 0 Å². The predicted molar refractivity (Wildman–Crippen MR) is 71.1 cm³/mol. The lowest BCUT2D eigenvalue weighted by molar-refractivity contribution is -0.0937. The zero-order valence-corrected chi connectivity index (χ0v) is 11.1. The van der Waals surface area contributed by atoms with Gasteiger partial charge in [-0.3, -0.25) is 4.90 Å². The molecule has 0 aliphatic carbocycles. The van der Waals surface area contributed by atoms with Gasteiger partial charge in [0.25, 0.3) is 0 Å². The lowest BCUT2D eigenvalue weighted by atomic mass is 9.94. The summed E-state index contributed by atoms with van der Waals surface area (Å²) < 4.78 is 6.07. The molecule has 1 aliphatic heterocycles. The molecule has 1 aliphatic rings. The van der Waals surface area contributed by atoms with Crippen molar-refractivity contribution in [2.75, 3.05) is 13.7 Å². The molecule has 0 spiro atoms. The molecule has 2 nitrogen and oxygen atoms in total. The highest BCUT2D eigenvalue weighted by atomic mass is 16.5. The Morgan fingerprint density at radius 1 is 1.29 bits per heavy atom. The van der Waals surface area contributed by atoms with Gasteiger partial charge < -0.3 is 4.74 Å². The first-order chi connectivity index (χ1) is 8.24. The number of rotatable bonds is 3. The van der Waals surface area contributed by atoms with Crippen molar-refractivity contribution >= 4 is 0 Å². The summed E-state index contributed by atoms with van der Waals surface area (Å²) in [5.41, 5.74) is 1.31. The molecule has 1 fully saturated rings. The second-order valence-corrected chi connectivity index (χ2v) is 5.04. The highest BCUT2D eigenvalue weighted by Gasteiger charge is 2.33. The fourth-order valence-corrected chi connectivity index (χ4v) is 2.62. The summed E-state index contributed by atoms with van der Waals surface area (Å²) in [5, 5.41) is 0. The zero-order valence-electron chi connectivity index (χ0n) is 11.1. The summed E-state index contributed by atoms with van der Waals surface area (Å²) in [4.78, 5) is 2.48. The zero-order chi connectivity index (χ0) is 12.3. The number of ether oxygens (including phenoxy) is 1. The molecule has 0 N–H and O–H groups in total. The molecule has 2 rings (SSSR count). The number of likely N-dealkylation sites (N-methyl/N-ethyl adjacent to an activating group) is 1. The Morgan fingerprint density at radius 3 is 2.65 bits per heavy atom. The topological polar surface area (TPSA) is 12.5 Å². The molecule has 17 heavy (non-hydrogen) atoms. The second kappa shape index (κ2) is 5.65. The number of hydrogen-bond acceptors (Lipinski definition) is 2. The van der Waals surface area contributed by atoms with E-state index >= 15 is 0 Å². The average Bonchev–Trinajstić information content (AvgIpc) is 2.36. The average molecular weight is 233 g/mol. The fraction of sp³-hybridized carbons (Fsp3) is 0.600. The molecule has 94 valence electrons. The summed E-state index contributed by atoms with van der Waals surface area (Å²) in [6, 6.07) is 11.6. The van der Waals surface area contributed by atoms with E-state index in [1.807, 2.05) is 0 Å². The number of nitrogens with zero attached hydrogens (tertiary/aromatic N) is 1. The van der Waals surface area contributed by atoms with E-state index in [0.29, 0.717) is 12.1 Å². The van der Waals surface area contributed by atoms with Crippen molar-refractivity contribution in [2.24, 2.45) is 0 Å². The molecule has 0 radical (unpaired) electrons. The van der Waals surface area contributed by atoms with Crippen molar-refractivity contribution in [2.45, 2.75) is 44.9 Å². The Kier molecular flexibility index (Phi) is 4.19. The van der Waals surface area contributed by atoms with Gasteiger partial charge in [-0.1, -0.05) is 43.7 Å². The van der Waals surface area contributed by atoms with Crippen LogP contribution in [-0.4, -0.2) is 30.6 Å². The van der Waals surface area contributed by atoms with Gasteiger partial charge in [-0.05, 0) is 26.0 Å². The first-order valence-electron chi connectivity index (χ1n) is 6.62. The van der Waals surface area contributed by atoms with Gasteiger partial charge in [0, 0.05) is 12.1 Å². The number of benzene rings is 1. The third-order valence-electron chi connectivity index (χ3n) is 3.80. The maximum atomic E-state index is 6.07. The lowest BCUT2D eigenvalue weighted by Gasteiger charge is -2.43. The van der Waals surface area contributed by atoms with Crippen molar-refractivity contribution in [3.8, 4) is 0 Å². The highest BCUT2D eigenvalue weighted by Crippen LogP contribution is 2.32. The standard InChI is InChI=1S/C15H23NO/c1-4-8-14-15(13-9-6-5-7-10-13)17-11-12(2)16(14)3/h5-7,9-10,12,14-15H,4,8,11H2,1-3H3/t12-,14+,15+/m1/s1. The molecule has 0 bridgehead atoms. The molecule has 1 aromatic rings. The first-order valence-corrected chi connectivity index (χ1v) is 6.62. The Balaban J connectivity index is 2.20. The van der Waals surface area contributed by atoms with Crippen molar-refractivity contribution in [1.82, 2.24) is 4.90 Å². The summed E-state index contributed by atoms with van der Waals surface area (Å²) in [7, 11) is 2.23. The molecular weight excluding hydrogens is 210 g/mol. The monoisotopic (exact) mass is 233 g/mol. The molecule has 0 aromatic heterocycles. The molecule has 1 aromatic carbocycles. The van der Waals surface area contributed by atoms with Crippen LogP contribution in [0.15, 0.2) is 30.3 Å². The van der Waals surface area contributed by atoms with Gasteiger partial charge >= 0.3 is 0 Å². The Labute approximate surface area is 105 Å². The third-order valence-corrected chi connectivity index (χ3v) is 3.80. The lowest BCUT2D eigenvalue weighted by Crippen LogP contribution is -2.49. The van der Waals surface area contributed by atoms with E-state index < -0.39 is 0 Å². The maximum Gasteiger partial charge on any atom is 0.0980 e. The minimum Gasteiger partial charge on any atom is -0.370 e. The molecule has 1 saturated heterocycles. The van der Waals surface area contributed by atoms with Crippen LogP contribution in [0.25, 0.3) is 0 Å². The van der Waals surface area contributed by atoms with E-state index in [4.69, 9.17) is 4.74 Å². The highest BCUT2D eigenvalue weighted by molar-refractivity contribution is 5.20. The van der Waals surface area contributed by atoms with Crippen molar-refractivity contribution < 1.29 is 4.74 Å². The fourth-order valence-electron chi connectivity index (χ4n) is 2.62. The molecule has 1 heterocycles. The van der Waals surface area contributed by atoms with Gasteiger partial charge in [0.05, 0.1) is 12.7 Å². The van der Waals surface area contributed by atoms with Gasteiger partial charge in [-0.2, -0.15) is 0 Å². The largest absolute Gasteiger partial charge is 0.370 e. The van der Waals surface area contributed by atoms with Crippen LogP contribution in [0.4, 0.5) is 0 Å². The van der Waals surface area contributed by atoms with Crippen LogP contribution < -0.4 is 0 Å². The molecule has 2 heteroatoms. The smallest absolute Gasteiger partial charge is 0.0980 e. The van der Waals surface area contributed by atoms with Gasteiger partial charge in [0.15, 0.2) is 0 Å². The molecule has 0 saturated carbocycles. The summed E-state index contributed by atoms with van der Waals surface area (Å²) >= 11 is 0. The van der Waals surface area contributed by atoms with Gasteiger partial charge in [0.1, 0.15) is 0 Å². The van der Waals surface area contributed by atoms with Crippen LogP contribution in [0.3, 0.4) is 0 Å². The Morgan fingerprint density at radius 2 is 2.00 bits per heavy atom. The van der Waals surface area contributed by atoms with E-state index in [9.17, 15) is 0 Å². The van der Waals surface area contributed by atoms with Crippen LogP contribution in [-0.2, 0) is 4.74 Å². The van der Waals surface area contributed by atoms with Crippen LogP contribution in [0.5, 0.6) is 0 Å². The van der Waals surface area contributed by atoms with Crippen LogP contribution in [0.2, 0.25) is 0 Å². The summed E-state index contributed by atoms with van der Waals surface area (Å²) in [6.45, 7) is 5.31. The van der Waals surface area contributed by atoms with Crippen LogP contribution in [0, 0.1) is 0 Å². The van der Waals surface area contributed by atoms with Gasteiger partial charge in [0.2, 0.25) is 0 Å². The Bertz CT molecular complexity index is 338. The van der Waals surface area contributed by atoms with E-state index in [1.165, 1.54) is 18.4 Å². The normalized spacial score (nSPS) is 30.4. The third kappa shape index (κ3) is 2.70. The Hall–Kier alpha value is -0.860. The van der Waals surface area contributed by atoms with Gasteiger partial charge in [-0.15, -0.1) is 0 Å². The van der Waals surface area contributed by atoms with Crippen molar-refractivity contribution in [1.29, 1.82) is 0 Å².